The van der Waals surface area contributed by atoms with E-state index in [1.165, 1.54) is 0 Å². The Morgan fingerprint density at radius 3 is 2.90 bits per heavy atom. The second-order valence-corrected chi connectivity index (χ2v) is 6.67. The van der Waals surface area contributed by atoms with Crippen LogP contribution in [0.4, 0.5) is 0 Å². The summed E-state index contributed by atoms with van der Waals surface area (Å²) in [6, 6.07) is 6.82. The van der Waals surface area contributed by atoms with E-state index in [1.807, 2.05) is 6.92 Å². The SMILES string of the molecule is CCCNS(=O)(=O)c1ccccc1O[C@H]1CCCNC1. The van der Waals surface area contributed by atoms with Crippen molar-refractivity contribution in [2.45, 2.75) is 37.2 Å². The topological polar surface area (TPSA) is 67.4 Å². The van der Waals surface area contributed by atoms with Gasteiger partial charge in [-0.2, -0.15) is 0 Å². The number of hydrogen-bond donors (Lipinski definition) is 2. The van der Waals surface area contributed by atoms with Gasteiger partial charge in [0.25, 0.3) is 0 Å². The van der Waals surface area contributed by atoms with Crippen LogP contribution in [0.5, 0.6) is 5.75 Å². The lowest BCUT2D eigenvalue weighted by Gasteiger charge is -2.25. The molecular weight excluding hydrogens is 276 g/mol. The van der Waals surface area contributed by atoms with E-state index in [0.717, 1.165) is 32.4 Å². The first-order valence-electron chi connectivity index (χ1n) is 7.09. The van der Waals surface area contributed by atoms with Gasteiger partial charge in [-0.15, -0.1) is 0 Å². The molecule has 0 saturated carbocycles. The van der Waals surface area contributed by atoms with Crippen molar-refractivity contribution < 1.29 is 13.2 Å². The van der Waals surface area contributed by atoms with Crippen LogP contribution in [0.25, 0.3) is 0 Å². The van der Waals surface area contributed by atoms with Crippen molar-refractivity contribution >= 4 is 10.0 Å². The Kier molecular flexibility index (Phi) is 5.39. The van der Waals surface area contributed by atoms with Crippen molar-refractivity contribution in [1.82, 2.24) is 10.0 Å². The number of nitrogens with one attached hydrogen (secondary N) is 2. The molecule has 20 heavy (non-hydrogen) atoms. The quantitative estimate of drug-likeness (QED) is 0.835. The molecule has 1 heterocycles. The number of sulfonamides is 1. The number of rotatable bonds is 6. The lowest BCUT2D eigenvalue weighted by atomic mass is 10.1. The van der Waals surface area contributed by atoms with Crippen LogP contribution in [0.3, 0.4) is 0 Å². The van der Waals surface area contributed by atoms with E-state index in [1.54, 1.807) is 24.3 Å². The monoisotopic (exact) mass is 298 g/mol. The summed E-state index contributed by atoms with van der Waals surface area (Å²) in [5.41, 5.74) is 0. The lowest BCUT2D eigenvalue weighted by molar-refractivity contribution is 0.163. The van der Waals surface area contributed by atoms with Crippen molar-refractivity contribution in [3.8, 4) is 5.75 Å². The highest BCUT2D eigenvalue weighted by molar-refractivity contribution is 7.89. The fourth-order valence-corrected chi connectivity index (χ4v) is 3.45. The molecule has 0 aliphatic carbocycles. The van der Waals surface area contributed by atoms with E-state index >= 15 is 0 Å². The normalized spacial score (nSPS) is 19.8. The van der Waals surface area contributed by atoms with Crippen LogP contribution in [0.15, 0.2) is 29.2 Å². The molecule has 0 amide bonds. The average Bonchev–Trinajstić information content (AvgIpc) is 2.47. The van der Waals surface area contributed by atoms with Crippen LogP contribution in [-0.2, 0) is 10.0 Å². The van der Waals surface area contributed by atoms with E-state index in [2.05, 4.69) is 10.0 Å². The minimum Gasteiger partial charge on any atom is -0.488 e. The van der Waals surface area contributed by atoms with Gasteiger partial charge in [0.05, 0.1) is 0 Å². The molecule has 1 aromatic rings. The van der Waals surface area contributed by atoms with Crippen molar-refractivity contribution in [3.05, 3.63) is 24.3 Å². The van der Waals surface area contributed by atoms with Gasteiger partial charge in [0.1, 0.15) is 16.7 Å². The van der Waals surface area contributed by atoms with E-state index < -0.39 is 10.0 Å². The van der Waals surface area contributed by atoms with E-state index in [4.69, 9.17) is 4.74 Å². The van der Waals surface area contributed by atoms with Crippen molar-refractivity contribution in [2.24, 2.45) is 0 Å². The minimum atomic E-state index is -3.50. The first kappa shape index (κ1) is 15.3. The Balaban J connectivity index is 2.17. The van der Waals surface area contributed by atoms with Gasteiger partial charge in [-0.3, -0.25) is 0 Å². The molecular formula is C14H22N2O3S. The number of benzene rings is 1. The van der Waals surface area contributed by atoms with E-state index in [9.17, 15) is 8.42 Å². The molecule has 1 atom stereocenters. The van der Waals surface area contributed by atoms with Crippen molar-refractivity contribution in [1.29, 1.82) is 0 Å². The van der Waals surface area contributed by atoms with Crippen LogP contribution in [0.2, 0.25) is 0 Å². The minimum absolute atomic E-state index is 0.0336. The number of piperidine rings is 1. The highest BCUT2D eigenvalue weighted by Gasteiger charge is 2.21. The molecule has 5 nitrogen and oxygen atoms in total. The molecule has 1 aromatic carbocycles. The summed E-state index contributed by atoms with van der Waals surface area (Å²) in [7, 11) is -3.50. The Labute approximate surface area is 120 Å². The maximum Gasteiger partial charge on any atom is 0.244 e. The summed E-state index contributed by atoms with van der Waals surface area (Å²) in [5.74, 6) is 0.435. The van der Waals surface area contributed by atoms with Gasteiger partial charge in [0, 0.05) is 13.1 Å². The second kappa shape index (κ2) is 7.06. The fourth-order valence-electron chi connectivity index (χ4n) is 2.18. The Morgan fingerprint density at radius 2 is 2.20 bits per heavy atom. The molecule has 1 saturated heterocycles. The first-order valence-corrected chi connectivity index (χ1v) is 8.58. The highest BCUT2D eigenvalue weighted by Crippen LogP contribution is 2.25. The molecule has 1 aliphatic heterocycles. The van der Waals surface area contributed by atoms with Crippen LogP contribution >= 0.6 is 0 Å². The molecule has 0 unspecified atom stereocenters. The van der Waals surface area contributed by atoms with Crippen molar-refractivity contribution in [3.63, 3.8) is 0 Å². The van der Waals surface area contributed by atoms with Crippen molar-refractivity contribution in [2.75, 3.05) is 19.6 Å². The number of hydrogen-bond acceptors (Lipinski definition) is 4. The van der Waals surface area contributed by atoms with Gasteiger partial charge in [-0.05, 0) is 37.9 Å². The third kappa shape index (κ3) is 3.94. The smallest absolute Gasteiger partial charge is 0.244 e. The Morgan fingerprint density at radius 1 is 1.40 bits per heavy atom. The zero-order valence-corrected chi connectivity index (χ0v) is 12.6. The van der Waals surface area contributed by atoms with Crippen LogP contribution in [-0.4, -0.2) is 34.2 Å². The number of para-hydroxylation sites is 1. The third-order valence-electron chi connectivity index (χ3n) is 3.23. The number of ether oxygens (including phenoxy) is 1. The van der Waals surface area contributed by atoms with Gasteiger partial charge in [-0.1, -0.05) is 19.1 Å². The van der Waals surface area contributed by atoms with Gasteiger partial charge in [-0.25, -0.2) is 13.1 Å². The lowest BCUT2D eigenvalue weighted by Crippen LogP contribution is -2.37. The maximum absolute atomic E-state index is 12.2. The summed E-state index contributed by atoms with van der Waals surface area (Å²) in [4.78, 5) is 0.221. The summed E-state index contributed by atoms with van der Waals surface area (Å²) >= 11 is 0. The van der Waals surface area contributed by atoms with Crippen LogP contribution in [0.1, 0.15) is 26.2 Å². The van der Waals surface area contributed by atoms with E-state index in [-0.39, 0.29) is 11.0 Å². The molecule has 0 aromatic heterocycles. The van der Waals surface area contributed by atoms with Gasteiger partial charge in [0.15, 0.2) is 0 Å². The summed E-state index contributed by atoms with van der Waals surface area (Å²) in [6.45, 7) is 4.12. The first-order chi connectivity index (χ1) is 9.63. The standard InChI is InChI=1S/C14H22N2O3S/c1-2-9-16-20(17,18)14-8-4-3-7-13(14)19-12-6-5-10-15-11-12/h3-4,7-8,12,15-16H,2,5-6,9-11H2,1H3/t12-/m0/s1. The summed E-state index contributed by atoms with van der Waals surface area (Å²) in [5, 5.41) is 3.26. The summed E-state index contributed by atoms with van der Waals surface area (Å²) < 4.78 is 32.9. The average molecular weight is 298 g/mol. The fraction of sp³-hybridized carbons (Fsp3) is 0.571. The van der Waals surface area contributed by atoms with Gasteiger partial charge < -0.3 is 10.1 Å². The highest BCUT2D eigenvalue weighted by atomic mass is 32.2. The zero-order chi connectivity index (χ0) is 14.4. The Bertz CT molecular complexity index is 525. The molecule has 1 aliphatic rings. The molecule has 0 radical (unpaired) electrons. The third-order valence-corrected chi connectivity index (χ3v) is 4.73. The molecule has 1 fully saturated rings. The second-order valence-electron chi connectivity index (χ2n) is 4.93. The van der Waals surface area contributed by atoms with Crippen LogP contribution in [0, 0.1) is 0 Å². The predicted octanol–water partition coefficient (Wildman–Crippen LogP) is 1.51. The maximum atomic E-state index is 12.2. The van der Waals surface area contributed by atoms with Gasteiger partial charge in [0.2, 0.25) is 10.0 Å². The largest absolute Gasteiger partial charge is 0.488 e. The Hall–Kier alpha value is -1.11. The molecule has 2 N–H and O–H groups in total. The zero-order valence-electron chi connectivity index (χ0n) is 11.8. The van der Waals surface area contributed by atoms with Crippen LogP contribution < -0.4 is 14.8 Å². The van der Waals surface area contributed by atoms with Gasteiger partial charge >= 0.3 is 0 Å². The molecule has 2 rings (SSSR count). The molecule has 0 spiro atoms. The molecule has 0 bridgehead atoms. The summed E-state index contributed by atoms with van der Waals surface area (Å²) in [6.07, 6.45) is 2.79. The van der Waals surface area contributed by atoms with E-state index in [0.29, 0.717) is 12.3 Å². The molecule has 6 heteroatoms. The molecule has 112 valence electrons. The predicted molar refractivity (Wildman–Crippen MR) is 78.4 cm³/mol.